The number of rotatable bonds is 9. The van der Waals surface area contributed by atoms with Crippen molar-refractivity contribution in [3.63, 3.8) is 0 Å². The normalized spacial score (nSPS) is 11.7. The molecule has 21 heavy (non-hydrogen) atoms. The van der Waals surface area contributed by atoms with Gasteiger partial charge >= 0.3 is 0 Å². The molecule has 0 fully saturated rings. The molecule has 0 aromatic carbocycles. The molecule has 0 aliphatic carbocycles. The number of hydrogen-bond acceptors (Lipinski definition) is 4. The van der Waals surface area contributed by atoms with Crippen molar-refractivity contribution < 1.29 is 4.74 Å². The summed E-state index contributed by atoms with van der Waals surface area (Å²) in [6.07, 6.45) is 3.42. The number of aliphatic imine (C=N–C) groups is 1. The summed E-state index contributed by atoms with van der Waals surface area (Å²) in [5.74, 6) is 0.884. The molecule has 6 heteroatoms. The maximum absolute atomic E-state index is 5.05. The summed E-state index contributed by atoms with van der Waals surface area (Å²) in [5.41, 5.74) is 1.09. The Hall–Kier alpha value is -1.14. The van der Waals surface area contributed by atoms with Crippen molar-refractivity contribution in [3.8, 4) is 0 Å². The molecule has 0 saturated carbocycles. The van der Waals surface area contributed by atoms with Crippen LogP contribution in [0.1, 0.15) is 41.8 Å². The molecule has 5 nitrogen and oxygen atoms in total. The summed E-state index contributed by atoms with van der Waals surface area (Å²) >= 11 is 1.72. The summed E-state index contributed by atoms with van der Waals surface area (Å²) < 4.78 is 5.05. The van der Waals surface area contributed by atoms with Crippen LogP contribution >= 0.6 is 11.3 Å². The van der Waals surface area contributed by atoms with Crippen molar-refractivity contribution in [2.75, 3.05) is 26.8 Å². The Morgan fingerprint density at radius 3 is 2.67 bits per heavy atom. The number of unbranched alkanes of at least 4 members (excludes halogenated alkanes) is 2. The van der Waals surface area contributed by atoms with Gasteiger partial charge in [-0.3, -0.25) is 0 Å². The molecule has 2 N–H and O–H groups in total. The highest BCUT2D eigenvalue weighted by Crippen LogP contribution is 2.17. The van der Waals surface area contributed by atoms with Crippen LogP contribution in [0.15, 0.2) is 4.99 Å². The Morgan fingerprint density at radius 1 is 1.24 bits per heavy atom. The molecule has 0 aliphatic rings. The topological polar surface area (TPSA) is 58.5 Å². The molecule has 120 valence electrons. The van der Waals surface area contributed by atoms with Gasteiger partial charge in [0.05, 0.1) is 17.2 Å². The number of aryl methyl sites for hydroxylation is 2. The lowest BCUT2D eigenvalue weighted by molar-refractivity contribution is 0.192. The van der Waals surface area contributed by atoms with Gasteiger partial charge in [0.2, 0.25) is 0 Å². The Labute approximate surface area is 132 Å². The molecule has 1 aromatic rings. The monoisotopic (exact) mass is 312 g/mol. The largest absolute Gasteiger partial charge is 0.385 e. The summed E-state index contributed by atoms with van der Waals surface area (Å²) in [7, 11) is 1.75. The molecule has 0 spiro atoms. The molecule has 0 amide bonds. The first kappa shape index (κ1) is 17.9. The van der Waals surface area contributed by atoms with Gasteiger partial charge in [0, 0.05) is 31.7 Å². The molecule has 0 aliphatic heterocycles. The van der Waals surface area contributed by atoms with Gasteiger partial charge in [0.25, 0.3) is 0 Å². The molecule has 0 radical (unpaired) electrons. The van der Waals surface area contributed by atoms with Gasteiger partial charge in [-0.25, -0.2) is 9.98 Å². The SMILES string of the molecule is CCNC(=NCc1sc(C)nc1C)NCCCCCOC. The molecule has 1 aromatic heterocycles. The van der Waals surface area contributed by atoms with Gasteiger partial charge < -0.3 is 15.4 Å². The second kappa shape index (κ2) is 10.6. The van der Waals surface area contributed by atoms with Gasteiger partial charge in [-0.05, 0) is 40.0 Å². The van der Waals surface area contributed by atoms with Gasteiger partial charge in [0.1, 0.15) is 0 Å². The minimum atomic E-state index is 0.691. The van der Waals surface area contributed by atoms with Crippen molar-refractivity contribution >= 4 is 17.3 Å². The predicted molar refractivity (Wildman–Crippen MR) is 90.1 cm³/mol. The van der Waals surface area contributed by atoms with E-state index in [-0.39, 0.29) is 0 Å². The molecule has 0 atom stereocenters. The molecule has 0 unspecified atom stereocenters. The van der Waals surface area contributed by atoms with Crippen LogP contribution in [0, 0.1) is 13.8 Å². The van der Waals surface area contributed by atoms with Crippen LogP contribution in [-0.2, 0) is 11.3 Å². The second-order valence-corrected chi connectivity index (χ2v) is 6.20. The lowest BCUT2D eigenvalue weighted by Crippen LogP contribution is -2.37. The van der Waals surface area contributed by atoms with E-state index >= 15 is 0 Å². The van der Waals surface area contributed by atoms with Crippen LogP contribution in [0.4, 0.5) is 0 Å². The number of nitrogens with one attached hydrogen (secondary N) is 2. The lowest BCUT2D eigenvalue weighted by atomic mass is 10.2. The summed E-state index contributed by atoms with van der Waals surface area (Å²) in [5, 5.41) is 7.76. The Kier molecular flexibility index (Phi) is 9.01. The highest BCUT2D eigenvalue weighted by atomic mass is 32.1. The third kappa shape index (κ3) is 7.43. The van der Waals surface area contributed by atoms with E-state index < -0.39 is 0 Å². The van der Waals surface area contributed by atoms with Crippen molar-refractivity contribution in [1.82, 2.24) is 15.6 Å². The van der Waals surface area contributed by atoms with E-state index in [1.807, 2.05) is 13.8 Å². The minimum absolute atomic E-state index is 0.691. The zero-order valence-electron chi connectivity index (χ0n) is 13.7. The standard InChI is InChI=1S/C15H28N4OS/c1-5-16-15(17-9-7-6-8-10-20-4)18-11-14-12(2)19-13(3)21-14/h5-11H2,1-4H3,(H2,16,17,18). The summed E-state index contributed by atoms with van der Waals surface area (Å²) in [6, 6.07) is 0. The van der Waals surface area contributed by atoms with E-state index in [2.05, 4.69) is 27.5 Å². The zero-order valence-corrected chi connectivity index (χ0v) is 14.5. The second-order valence-electron chi connectivity index (χ2n) is 4.92. The van der Waals surface area contributed by atoms with Gasteiger partial charge in [-0.1, -0.05) is 0 Å². The average Bonchev–Trinajstić information content (AvgIpc) is 2.78. The van der Waals surface area contributed by atoms with Crippen LogP contribution in [0.5, 0.6) is 0 Å². The van der Waals surface area contributed by atoms with E-state index in [1.54, 1.807) is 18.4 Å². The predicted octanol–water partition coefficient (Wildman–Crippen LogP) is 2.63. The van der Waals surface area contributed by atoms with Crippen LogP contribution < -0.4 is 10.6 Å². The van der Waals surface area contributed by atoms with Crippen molar-refractivity contribution in [3.05, 3.63) is 15.6 Å². The summed E-state index contributed by atoms with van der Waals surface area (Å²) in [6.45, 7) is 9.51. The number of ether oxygens (including phenoxy) is 1. The fourth-order valence-electron chi connectivity index (χ4n) is 1.97. The van der Waals surface area contributed by atoms with Gasteiger partial charge in [-0.15, -0.1) is 11.3 Å². The van der Waals surface area contributed by atoms with Crippen LogP contribution in [0.25, 0.3) is 0 Å². The van der Waals surface area contributed by atoms with Crippen molar-refractivity contribution in [2.24, 2.45) is 4.99 Å². The van der Waals surface area contributed by atoms with Gasteiger partial charge in [-0.2, -0.15) is 0 Å². The summed E-state index contributed by atoms with van der Waals surface area (Å²) in [4.78, 5) is 10.3. The fourth-order valence-corrected chi connectivity index (χ4v) is 2.83. The van der Waals surface area contributed by atoms with Crippen LogP contribution in [0.3, 0.4) is 0 Å². The average molecular weight is 312 g/mol. The van der Waals surface area contributed by atoms with E-state index in [0.29, 0.717) is 6.54 Å². The maximum atomic E-state index is 5.05. The Balaban J connectivity index is 2.37. The Morgan fingerprint density at radius 2 is 2.05 bits per heavy atom. The zero-order chi connectivity index (χ0) is 15.5. The van der Waals surface area contributed by atoms with E-state index in [9.17, 15) is 0 Å². The number of nitrogens with zero attached hydrogens (tertiary/aromatic N) is 2. The van der Waals surface area contributed by atoms with Crippen molar-refractivity contribution in [2.45, 2.75) is 46.6 Å². The molecule has 0 saturated heterocycles. The van der Waals surface area contributed by atoms with E-state index in [4.69, 9.17) is 4.74 Å². The highest BCUT2D eigenvalue weighted by molar-refractivity contribution is 7.11. The first-order valence-electron chi connectivity index (χ1n) is 7.61. The van der Waals surface area contributed by atoms with E-state index in [1.165, 1.54) is 11.3 Å². The first-order valence-corrected chi connectivity index (χ1v) is 8.43. The van der Waals surface area contributed by atoms with Crippen LogP contribution in [-0.4, -0.2) is 37.7 Å². The van der Waals surface area contributed by atoms with Crippen molar-refractivity contribution in [1.29, 1.82) is 0 Å². The van der Waals surface area contributed by atoms with E-state index in [0.717, 1.165) is 49.2 Å². The third-order valence-corrected chi connectivity index (χ3v) is 4.10. The number of hydrogen-bond donors (Lipinski definition) is 2. The lowest BCUT2D eigenvalue weighted by Gasteiger charge is -2.11. The number of thiazole rings is 1. The number of methoxy groups -OCH3 is 1. The van der Waals surface area contributed by atoms with Crippen LogP contribution in [0.2, 0.25) is 0 Å². The number of guanidine groups is 1. The fraction of sp³-hybridized carbons (Fsp3) is 0.733. The molecular formula is C15H28N4OS. The maximum Gasteiger partial charge on any atom is 0.191 e. The highest BCUT2D eigenvalue weighted by Gasteiger charge is 2.04. The Bertz CT molecular complexity index is 431. The minimum Gasteiger partial charge on any atom is -0.385 e. The quantitative estimate of drug-likeness (QED) is 0.418. The van der Waals surface area contributed by atoms with Gasteiger partial charge in [0.15, 0.2) is 5.96 Å². The molecule has 1 rings (SSSR count). The molecular weight excluding hydrogens is 284 g/mol. The first-order chi connectivity index (χ1) is 10.2. The molecule has 1 heterocycles. The third-order valence-electron chi connectivity index (χ3n) is 3.04. The molecule has 0 bridgehead atoms. The smallest absolute Gasteiger partial charge is 0.191 e. The number of aromatic nitrogens is 1.